The molecule has 0 radical (unpaired) electrons. The molecule has 0 aromatic rings. The second kappa shape index (κ2) is 4.39. The number of carboxylic acid groups (broad SMARTS) is 1. The molecular weight excluding hydrogens is 188 g/mol. The van der Waals surface area contributed by atoms with Crippen LogP contribution in [0.2, 0.25) is 0 Å². The molecule has 0 aromatic carbocycles. The summed E-state index contributed by atoms with van der Waals surface area (Å²) in [6.07, 6.45) is -0.191. The molecule has 3 unspecified atom stereocenters. The standard InChI is InChI=1S/C8H14N2O4/c1-4(8(13)14)10-7(12)6-2-5(11)3-9-6/h4-6,9,11H,2-3H2,1H3,(H,10,12)(H,13,14). The van der Waals surface area contributed by atoms with E-state index >= 15 is 0 Å². The van der Waals surface area contributed by atoms with Crippen LogP contribution in [0.5, 0.6) is 0 Å². The summed E-state index contributed by atoms with van der Waals surface area (Å²) < 4.78 is 0. The van der Waals surface area contributed by atoms with Crippen molar-refractivity contribution in [1.82, 2.24) is 10.6 Å². The minimum Gasteiger partial charge on any atom is -0.480 e. The van der Waals surface area contributed by atoms with Gasteiger partial charge < -0.3 is 20.8 Å². The van der Waals surface area contributed by atoms with Crippen molar-refractivity contribution in [2.75, 3.05) is 6.54 Å². The highest BCUT2D eigenvalue weighted by Crippen LogP contribution is 2.06. The van der Waals surface area contributed by atoms with Crippen LogP contribution in [0.15, 0.2) is 0 Å². The third kappa shape index (κ3) is 2.68. The fourth-order valence-electron chi connectivity index (χ4n) is 1.29. The van der Waals surface area contributed by atoms with Crippen LogP contribution in [0.25, 0.3) is 0 Å². The molecule has 0 saturated carbocycles. The molecule has 0 bridgehead atoms. The summed E-state index contributed by atoms with van der Waals surface area (Å²) in [5, 5.41) is 22.8. The molecule has 80 valence electrons. The maximum Gasteiger partial charge on any atom is 0.325 e. The highest BCUT2D eigenvalue weighted by molar-refractivity contribution is 5.86. The predicted molar refractivity (Wildman–Crippen MR) is 47.7 cm³/mol. The Balaban J connectivity index is 2.39. The highest BCUT2D eigenvalue weighted by Gasteiger charge is 2.29. The largest absolute Gasteiger partial charge is 0.480 e. The van der Waals surface area contributed by atoms with Gasteiger partial charge in [0, 0.05) is 6.54 Å². The summed E-state index contributed by atoms with van der Waals surface area (Å²) in [7, 11) is 0. The van der Waals surface area contributed by atoms with Crippen LogP contribution in [0.3, 0.4) is 0 Å². The van der Waals surface area contributed by atoms with E-state index in [4.69, 9.17) is 10.2 Å². The number of carbonyl (C=O) groups excluding carboxylic acids is 1. The molecule has 1 rings (SSSR count). The van der Waals surface area contributed by atoms with E-state index in [9.17, 15) is 9.59 Å². The van der Waals surface area contributed by atoms with E-state index in [1.54, 1.807) is 0 Å². The minimum absolute atomic E-state index is 0.332. The van der Waals surface area contributed by atoms with Crippen LogP contribution in [-0.2, 0) is 9.59 Å². The van der Waals surface area contributed by atoms with Crippen molar-refractivity contribution in [2.45, 2.75) is 31.5 Å². The van der Waals surface area contributed by atoms with Crippen LogP contribution in [0, 0.1) is 0 Å². The smallest absolute Gasteiger partial charge is 0.325 e. The first-order valence-electron chi connectivity index (χ1n) is 4.45. The number of carbonyl (C=O) groups is 2. The average molecular weight is 202 g/mol. The Morgan fingerprint density at radius 3 is 2.64 bits per heavy atom. The summed E-state index contributed by atoms with van der Waals surface area (Å²) in [5.41, 5.74) is 0. The van der Waals surface area contributed by atoms with Gasteiger partial charge in [-0.1, -0.05) is 0 Å². The summed E-state index contributed by atoms with van der Waals surface area (Å²) in [5.74, 6) is -1.45. The first kappa shape index (κ1) is 10.9. The van der Waals surface area contributed by atoms with Gasteiger partial charge in [0.1, 0.15) is 6.04 Å². The number of hydrogen-bond acceptors (Lipinski definition) is 4. The Kier molecular flexibility index (Phi) is 3.43. The zero-order valence-electron chi connectivity index (χ0n) is 7.86. The lowest BCUT2D eigenvalue weighted by Crippen LogP contribution is -2.46. The molecule has 6 heteroatoms. The van der Waals surface area contributed by atoms with E-state index in [2.05, 4.69) is 10.6 Å². The lowest BCUT2D eigenvalue weighted by molar-refractivity contribution is -0.141. The van der Waals surface area contributed by atoms with E-state index in [-0.39, 0.29) is 5.91 Å². The number of aliphatic hydroxyl groups is 1. The van der Waals surface area contributed by atoms with E-state index in [0.29, 0.717) is 13.0 Å². The third-order valence-corrected chi connectivity index (χ3v) is 2.15. The third-order valence-electron chi connectivity index (χ3n) is 2.15. The Hall–Kier alpha value is -1.14. The zero-order valence-corrected chi connectivity index (χ0v) is 7.86. The molecule has 1 amide bonds. The molecule has 1 aliphatic heterocycles. The Morgan fingerprint density at radius 1 is 1.57 bits per heavy atom. The van der Waals surface area contributed by atoms with Gasteiger partial charge >= 0.3 is 5.97 Å². The molecule has 3 atom stereocenters. The Bertz CT molecular complexity index is 243. The number of hydrogen-bond donors (Lipinski definition) is 4. The van der Waals surface area contributed by atoms with E-state index < -0.39 is 24.2 Å². The van der Waals surface area contributed by atoms with Crippen molar-refractivity contribution in [2.24, 2.45) is 0 Å². The lowest BCUT2D eigenvalue weighted by atomic mass is 10.2. The molecule has 1 saturated heterocycles. The normalized spacial score (nSPS) is 28.4. The van der Waals surface area contributed by atoms with Crippen molar-refractivity contribution in [1.29, 1.82) is 0 Å². The first-order valence-corrected chi connectivity index (χ1v) is 4.45. The minimum atomic E-state index is -1.07. The first-order chi connectivity index (χ1) is 6.50. The molecule has 1 heterocycles. The van der Waals surface area contributed by atoms with Crippen molar-refractivity contribution < 1.29 is 19.8 Å². The van der Waals surface area contributed by atoms with Gasteiger partial charge in [0.25, 0.3) is 0 Å². The summed E-state index contributed by atoms with van der Waals surface area (Å²) in [4.78, 5) is 21.8. The van der Waals surface area contributed by atoms with Gasteiger partial charge in [-0.3, -0.25) is 9.59 Å². The SMILES string of the molecule is CC(NC(=O)C1CC(O)CN1)C(=O)O. The number of nitrogens with one attached hydrogen (secondary N) is 2. The Labute approximate surface area is 81.3 Å². The van der Waals surface area contributed by atoms with Gasteiger partial charge in [0.05, 0.1) is 12.1 Å². The molecular formula is C8H14N2O4. The fourth-order valence-corrected chi connectivity index (χ4v) is 1.29. The number of rotatable bonds is 3. The molecule has 0 aromatic heterocycles. The fraction of sp³-hybridized carbons (Fsp3) is 0.750. The van der Waals surface area contributed by atoms with Crippen LogP contribution in [-0.4, -0.2) is 46.8 Å². The van der Waals surface area contributed by atoms with Crippen molar-refractivity contribution in [3.8, 4) is 0 Å². The maximum atomic E-state index is 11.4. The Morgan fingerprint density at radius 2 is 2.21 bits per heavy atom. The number of carboxylic acids is 1. The molecule has 0 aliphatic carbocycles. The molecule has 1 fully saturated rings. The van der Waals surface area contributed by atoms with Gasteiger partial charge in [0.2, 0.25) is 5.91 Å². The van der Waals surface area contributed by atoms with Crippen molar-refractivity contribution in [3.05, 3.63) is 0 Å². The molecule has 0 spiro atoms. The summed E-state index contributed by atoms with van der Waals surface area (Å²) >= 11 is 0. The van der Waals surface area contributed by atoms with Crippen LogP contribution >= 0.6 is 0 Å². The maximum absolute atomic E-state index is 11.4. The molecule has 4 N–H and O–H groups in total. The number of amides is 1. The van der Waals surface area contributed by atoms with E-state index in [1.165, 1.54) is 6.92 Å². The predicted octanol–water partition coefficient (Wildman–Crippen LogP) is -1.70. The number of aliphatic hydroxyl groups excluding tert-OH is 1. The van der Waals surface area contributed by atoms with Crippen LogP contribution < -0.4 is 10.6 Å². The summed E-state index contributed by atoms with van der Waals surface area (Å²) in [6.45, 7) is 1.77. The monoisotopic (exact) mass is 202 g/mol. The molecule has 14 heavy (non-hydrogen) atoms. The molecule has 6 nitrogen and oxygen atoms in total. The van der Waals surface area contributed by atoms with Gasteiger partial charge in [-0.05, 0) is 13.3 Å². The highest BCUT2D eigenvalue weighted by atomic mass is 16.4. The number of β-amino-alcohol motifs (C(OH)–C–C–N with tert-alkyl or cyclic N) is 1. The van der Waals surface area contributed by atoms with Crippen LogP contribution in [0.4, 0.5) is 0 Å². The second-order valence-electron chi connectivity index (χ2n) is 3.42. The van der Waals surface area contributed by atoms with Crippen LogP contribution in [0.1, 0.15) is 13.3 Å². The zero-order chi connectivity index (χ0) is 10.7. The topological polar surface area (TPSA) is 98.7 Å². The van der Waals surface area contributed by atoms with Crippen molar-refractivity contribution >= 4 is 11.9 Å². The van der Waals surface area contributed by atoms with Gasteiger partial charge in [0.15, 0.2) is 0 Å². The van der Waals surface area contributed by atoms with Gasteiger partial charge in [-0.15, -0.1) is 0 Å². The lowest BCUT2D eigenvalue weighted by Gasteiger charge is -2.13. The summed E-state index contributed by atoms with van der Waals surface area (Å²) in [6, 6.07) is -1.38. The van der Waals surface area contributed by atoms with Gasteiger partial charge in [-0.25, -0.2) is 0 Å². The number of aliphatic carboxylic acids is 1. The average Bonchev–Trinajstić information content (AvgIpc) is 2.51. The van der Waals surface area contributed by atoms with E-state index in [1.807, 2.05) is 0 Å². The van der Waals surface area contributed by atoms with Gasteiger partial charge in [-0.2, -0.15) is 0 Å². The van der Waals surface area contributed by atoms with Crippen molar-refractivity contribution in [3.63, 3.8) is 0 Å². The van der Waals surface area contributed by atoms with E-state index in [0.717, 1.165) is 0 Å². The quantitative estimate of drug-likeness (QED) is 0.437. The second-order valence-corrected chi connectivity index (χ2v) is 3.42. The molecule has 1 aliphatic rings.